The van der Waals surface area contributed by atoms with Crippen LogP contribution in [0, 0.1) is 0 Å². The SMILES string of the molecule is CC[C@@H](/C=C/S(=O)(=O)c1ccccc1)NC(=O)[C@@H](N)Cc1ccc(C(=O)N2CCOCC2)cc1. The number of rotatable bonds is 9. The predicted molar refractivity (Wildman–Crippen MR) is 130 cm³/mol. The van der Waals surface area contributed by atoms with E-state index in [1.165, 1.54) is 18.2 Å². The molecule has 0 aliphatic carbocycles. The number of carbonyl (C=O) groups excluding carboxylic acids is 2. The van der Waals surface area contributed by atoms with Gasteiger partial charge < -0.3 is 20.7 Å². The van der Waals surface area contributed by atoms with Gasteiger partial charge in [0.2, 0.25) is 5.91 Å². The Kier molecular flexibility index (Phi) is 8.98. The molecule has 1 aliphatic rings. The second kappa shape index (κ2) is 11.9. The van der Waals surface area contributed by atoms with E-state index in [1.54, 1.807) is 47.4 Å². The normalized spacial score (nSPS) is 16.2. The van der Waals surface area contributed by atoms with E-state index in [0.717, 1.165) is 11.0 Å². The molecule has 1 heterocycles. The number of benzene rings is 2. The van der Waals surface area contributed by atoms with Crippen LogP contribution in [0.4, 0.5) is 0 Å². The Bertz CT molecular complexity index is 1100. The van der Waals surface area contributed by atoms with Gasteiger partial charge in [-0.15, -0.1) is 0 Å². The van der Waals surface area contributed by atoms with Crippen molar-refractivity contribution in [2.75, 3.05) is 26.3 Å². The van der Waals surface area contributed by atoms with Gasteiger partial charge in [0.05, 0.1) is 24.2 Å². The number of nitrogens with one attached hydrogen (secondary N) is 1. The number of nitrogens with zero attached hydrogens (tertiary/aromatic N) is 1. The Hall–Kier alpha value is -3.01. The maximum Gasteiger partial charge on any atom is 0.254 e. The predicted octanol–water partition coefficient (Wildman–Crippen LogP) is 1.91. The van der Waals surface area contributed by atoms with Gasteiger partial charge in [0.25, 0.3) is 5.91 Å². The number of carbonyl (C=O) groups is 2. The van der Waals surface area contributed by atoms with E-state index in [1.807, 2.05) is 6.92 Å². The molecule has 3 N–H and O–H groups in total. The largest absolute Gasteiger partial charge is 0.378 e. The summed E-state index contributed by atoms with van der Waals surface area (Å²) in [4.78, 5) is 27.1. The fourth-order valence-corrected chi connectivity index (χ4v) is 4.63. The summed E-state index contributed by atoms with van der Waals surface area (Å²) in [7, 11) is -3.59. The van der Waals surface area contributed by atoms with Crippen LogP contribution < -0.4 is 11.1 Å². The van der Waals surface area contributed by atoms with Gasteiger partial charge >= 0.3 is 0 Å². The zero-order valence-electron chi connectivity index (χ0n) is 19.2. The molecule has 1 fully saturated rings. The van der Waals surface area contributed by atoms with E-state index < -0.39 is 21.9 Å². The van der Waals surface area contributed by atoms with E-state index in [2.05, 4.69) is 5.32 Å². The Balaban J connectivity index is 1.55. The monoisotopic (exact) mass is 485 g/mol. The van der Waals surface area contributed by atoms with Gasteiger partial charge in [-0.2, -0.15) is 0 Å². The van der Waals surface area contributed by atoms with Crippen LogP contribution in [0.15, 0.2) is 71.0 Å². The van der Waals surface area contributed by atoms with Crippen molar-refractivity contribution >= 4 is 21.7 Å². The summed E-state index contributed by atoms with van der Waals surface area (Å²) in [5.41, 5.74) is 7.51. The van der Waals surface area contributed by atoms with Crippen molar-refractivity contribution in [1.29, 1.82) is 0 Å². The summed E-state index contributed by atoms with van der Waals surface area (Å²) in [5.74, 6) is -0.415. The number of hydrogen-bond donors (Lipinski definition) is 2. The number of amides is 2. The second-order valence-electron chi connectivity index (χ2n) is 8.12. The molecule has 2 aromatic carbocycles. The third-order valence-electron chi connectivity index (χ3n) is 5.62. The first-order chi connectivity index (χ1) is 16.3. The van der Waals surface area contributed by atoms with Gasteiger partial charge in [-0.05, 0) is 42.7 Å². The lowest BCUT2D eigenvalue weighted by Gasteiger charge is -2.26. The average Bonchev–Trinajstić information content (AvgIpc) is 2.87. The minimum atomic E-state index is -3.59. The van der Waals surface area contributed by atoms with Crippen LogP contribution in [0.1, 0.15) is 29.3 Å². The first-order valence-corrected chi connectivity index (χ1v) is 12.8. The topological polar surface area (TPSA) is 119 Å². The molecule has 0 bridgehead atoms. The summed E-state index contributed by atoms with van der Waals surface area (Å²) in [6, 6.07) is 13.9. The smallest absolute Gasteiger partial charge is 0.254 e. The number of morpholine rings is 1. The summed E-state index contributed by atoms with van der Waals surface area (Å²) in [6.45, 7) is 4.08. The van der Waals surface area contributed by atoms with Crippen LogP contribution in [0.5, 0.6) is 0 Å². The number of ether oxygens (including phenoxy) is 1. The summed E-state index contributed by atoms with van der Waals surface area (Å²) < 4.78 is 30.1. The molecule has 182 valence electrons. The fraction of sp³-hybridized carbons (Fsp3) is 0.360. The molecule has 8 nitrogen and oxygen atoms in total. The van der Waals surface area contributed by atoms with E-state index in [-0.39, 0.29) is 16.7 Å². The standard InChI is InChI=1S/C25H31N3O5S/c1-2-21(12-17-34(31,32)22-6-4-3-5-7-22)27-24(29)23(26)18-19-8-10-20(11-9-19)25(30)28-13-15-33-16-14-28/h3-12,17,21,23H,2,13-16,18,26H2,1H3,(H,27,29)/b17-12+/t21-,23-/m0/s1. The highest BCUT2D eigenvalue weighted by Gasteiger charge is 2.20. The van der Waals surface area contributed by atoms with Crippen LogP contribution in [0.2, 0.25) is 0 Å². The van der Waals surface area contributed by atoms with E-state index in [0.29, 0.717) is 44.7 Å². The molecule has 1 saturated heterocycles. The first-order valence-electron chi connectivity index (χ1n) is 11.3. The van der Waals surface area contributed by atoms with Crippen LogP contribution in [-0.2, 0) is 25.8 Å². The maximum atomic E-state index is 12.6. The van der Waals surface area contributed by atoms with Gasteiger partial charge in [-0.25, -0.2) is 8.42 Å². The third kappa shape index (κ3) is 6.99. The van der Waals surface area contributed by atoms with Gasteiger partial charge in [-0.3, -0.25) is 9.59 Å². The summed E-state index contributed by atoms with van der Waals surface area (Å²) >= 11 is 0. The Morgan fingerprint density at radius 2 is 1.74 bits per heavy atom. The molecule has 2 aromatic rings. The molecule has 0 aromatic heterocycles. The van der Waals surface area contributed by atoms with Gasteiger partial charge in [-0.1, -0.05) is 43.3 Å². The first kappa shape index (κ1) is 25.6. The number of hydrogen-bond acceptors (Lipinski definition) is 6. The molecule has 3 rings (SSSR count). The Labute approximate surface area is 200 Å². The average molecular weight is 486 g/mol. The summed E-state index contributed by atoms with van der Waals surface area (Å²) in [5, 5.41) is 3.91. The third-order valence-corrected chi connectivity index (χ3v) is 7.07. The maximum absolute atomic E-state index is 12.6. The second-order valence-corrected chi connectivity index (χ2v) is 9.96. The molecule has 2 atom stereocenters. The minimum absolute atomic E-state index is 0.0417. The van der Waals surface area contributed by atoms with Crippen LogP contribution >= 0.6 is 0 Å². The van der Waals surface area contributed by atoms with Crippen molar-refractivity contribution in [3.05, 3.63) is 77.2 Å². The van der Waals surface area contributed by atoms with Crippen LogP contribution in [0.3, 0.4) is 0 Å². The number of nitrogens with two attached hydrogens (primary N) is 1. The van der Waals surface area contributed by atoms with Crippen LogP contribution in [-0.4, -0.2) is 63.5 Å². The molecule has 9 heteroatoms. The quantitative estimate of drug-likeness (QED) is 0.560. The molecule has 1 aliphatic heterocycles. The van der Waals surface area contributed by atoms with Gasteiger partial charge in [0.1, 0.15) is 0 Å². The van der Waals surface area contributed by atoms with E-state index in [9.17, 15) is 18.0 Å². The lowest BCUT2D eigenvalue weighted by atomic mass is 10.0. The van der Waals surface area contributed by atoms with Crippen molar-refractivity contribution in [2.45, 2.75) is 36.7 Å². The van der Waals surface area contributed by atoms with Crippen molar-refractivity contribution in [2.24, 2.45) is 5.73 Å². The highest BCUT2D eigenvalue weighted by molar-refractivity contribution is 7.94. The number of sulfone groups is 1. The van der Waals surface area contributed by atoms with Gasteiger partial charge in [0.15, 0.2) is 9.84 Å². The molecular weight excluding hydrogens is 454 g/mol. The zero-order valence-corrected chi connectivity index (χ0v) is 20.0. The highest BCUT2D eigenvalue weighted by atomic mass is 32.2. The molecular formula is C25H31N3O5S. The minimum Gasteiger partial charge on any atom is -0.378 e. The Morgan fingerprint density at radius 1 is 1.09 bits per heavy atom. The lowest BCUT2D eigenvalue weighted by molar-refractivity contribution is -0.122. The highest BCUT2D eigenvalue weighted by Crippen LogP contribution is 2.13. The molecule has 0 radical (unpaired) electrons. The van der Waals surface area contributed by atoms with Gasteiger partial charge in [0, 0.05) is 30.1 Å². The molecule has 0 unspecified atom stereocenters. The molecule has 0 spiro atoms. The van der Waals surface area contributed by atoms with Crippen molar-refractivity contribution in [3.8, 4) is 0 Å². The van der Waals surface area contributed by atoms with Crippen molar-refractivity contribution < 1.29 is 22.7 Å². The summed E-state index contributed by atoms with van der Waals surface area (Å²) in [6.07, 6.45) is 2.27. The van der Waals surface area contributed by atoms with Crippen molar-refractivity contribution in [3.63, 3.8) is 0 Å². The van der Waals surface area contributed by atoms with Crippen LogP contribution in [0.25, 0.3) is 0 Å². The zero-order chi connectivity index (χ0) is 24.6. The molecule has 0 saturated carbocycles. The molecule has 2 amide bonds. The molecule has 34 heavy (non-hydrogen) atoms. The Morgan fingerprint density at radius 3 is 2.35 bits per heavy atom. The van der Waals surface area contributed by atoms with Crippen molar-refractivity contribution in [1.82, 2.24) is 10.2 Å². The lowest BCUT2D eigenvalue weighted by Crippen LogP contribution is -2.45. The van der Waals surface area contributed by atoms with E-state index >= 15 is 0 Å². The fourth-order valence-electron chi connectivity index (χ4n) is 3.54. The van der Waals surface area contributed by atoms with E-state index in [4.69, 9.17) is 10.5 Å².